The van der Waals surface area contributed by atoms with Crippen LogP contribution in [0.4, 0.5) is 0 Å². The first-order valence-electron chi connectivity index (χ1n) is 8.52. The molecule has 0 saturated heterocycles. The van der Waals surface area contributed by atoms with E-state index >= 15 is 0 Å². The van der Waals surface area contributed by atoms with Gasteiger partial charge in [0, 0.05) is 10.8 Å². The maximum Gasteiger partial charge on any atom is 0.260 e. The zero-order valence-corrected chi connectivity index (χ0v) is 14.7. The minimum absolute atomic E-state index is 0.0375. The number of furan rings is 1. The predicted octanol–water partition coefficient (Wildman–Crippen LogP) is 3.21. The van der Waals surface area contributed by atoms with E-state index in [-0.39, 0.29) is 17.9 Å². The van der Waals surface area contributed by atoms with E-state index < -0.39 is 0 Å². The third kappa shape index (κ3) is 3.25. The summed E-state index contributed by atoms with van der Waals surface area (Å²) in [6.45, 7) is 1.87. The molecule has 0 unspecified atom stereocenters. The second kappa shape index (κ2) is 6.92. The normalized spacial score (nSPS) is 11.4. The maximum atomic E-state index is 12.7. The molecule has 4 rings (SSSR count). The number of benzene rings is 2. The lowest BCUT2D eigenvalue weighted by Gasteiger charge is -2.14. The summed E-state index contributed by atoms with van der Waals surface area (Å²) in [5, 5.41) is 5.10. The fraction of sp³-hybridized carbons (Fsp3) is 0.0952. The summed E-state index contributed by atoms with van der Waals surface area (Å²) in [6.07, 6.45) is 1.45. The lowest BCUT2D eigenvalue weighted by molar-refractivity contribution is -0.121. The Labute approximate surface area is 154 Å². The molecule has 0 radical (unpaired) electrons. The van der Waals surface area contributed by atoms with Gasteiger partial charge in [0.25, 0.3) is 5.91 Å². The van der Waals surface area contributed by atoms with Crippen LogP contribution in [-0.2, 0) is 11.3 Å². The number of fused-ring (bicyclic) bond motifs is 2. The number of carbonyl (C=O) groups excluding carboxylic acids is 1. The number of nitrogens with one attached hydrogen (secondary N) is 1. The van der Waals surface area contributed by atoms with E-state index in [1.54, 1.807) is 18.2 Å². The van der Waals surface area contributed by atoms with Crippen LogP contribution in [0.5, 0.6) is 0 Å². The minimum Gasteiger partial charge on any atom is -0.460 e. The highest BCUT2D eigenvalue weighted by Crippen LogP contribution is 2.18. The van der Waals surface area contributed by atoms with Gasteiger partial charge in [-0.1, -0.05) is 24.3 Å². The number of rotatable bonds is 4. The number of carbonyl (C=O) groups is 1. The van der Waals surface area contributed by atoms with Crippen molar-refractivity contribution in [2.75, 3.05) is 0 Å². The van der Waals surface area contributed by atoms with E-state index in [4.69, 9.17) is 4.42 Å². The molecule has 1 amide bonds. The summed E-state index contributed by atoms with van der Waals surface area (Å²) in [5.41, 5.74) is 3.89. The van der Waals surface area contributed by atoms with E-state index in [1.165, 1.54) is 6.21 Å². The molecule has 2 aromatic heterocycles. The van der Waals surface area contributed by atoms with Crippen molar-refractivity contribution in [2.24, 2.45) is 5.10 Å². The molecule has 2 heterocycles. The quantitative estimate of drug-likeness (QED) is 0.345. The van der Waals surface area contributed by atoms with Crippen molar-refractivity contribution in [1.82, 2.24) is 9.99 Å². The second-order valence-corrected chi connectivity index (χ2v) is 6.19. The van der Waals surface area contributed by atoms with Gasteiger partial charge in [0.1, 0.15) is 18.1 Å². The van der Waals surface area contributed by atoms with Crippen LogP contribution in [-0.4, -0.2) is 16.7 Å². The summed E-state index contributed by atoms with van der Waals surface area (Å²) in [7, 11) is 0. The molecule has 134 valence electrons. The van der Waals surface area contributed by atoms with Crippen LogP contribution in [0.1, 0.15) is 11.5 Å². The average Bonchev–Trinajstić information content (AvgIpc) is 3.10. The first-order valence-corrected chi connectivity index (χ1v) is 8.52. The van der Waals surface area contributed by atoms with Crippen LogP contribution in [0.2, 0.25) is 0 Å². The van der Waals surface area contributed by atoms with E-state index in [0.29, 0.717) is 27.6 Å². The van der Waals surface area contributed by atoms with Crippen molar-refractivity contribution in [3.8, 4) is 0 Å². The molecule has 1 N–H and O–H groups in total. The lowest BCUT2D eigenvalue weighted by atomic mass is 10.1. The predicted molar refractivity (Wildman–Crippen MR) is 105 cm³/mol. The first kappa shape index (κ1) is 16.8. The summed E-state index contributed by atoms with van der Waals surface area (Å²) in [6, 6.07) is 18.2. The van der Waals surface area contributed by atoms with Crippen LogP contribution in [0, 0.1) is 6.92 Å². The van der Waals surface area contributed by atoms with Gasteiger partial charge in [-0.15, -0.1) is 0 Å². The van der Waals surface area contributed by atoms with Gasteiger partial charge in [-0.2, -0.15) is 5.10 Å². The molecule has 0 bridgehead atoms. The standard InChI is InChI=1S/C21H17N3O3/c1-14-10-11-15(27-14)12-22-23-20(25)13-24-18-8-4-2-6-16(18)21(26)17-7-3-5-9-19(17)24/h2-12H,13H2,1H3,(H,23,25)/b22-12+. The summed E-state index contributed by atoms with van der Waals surface area (Å²) < 4.78 is 7.20. The Bertz CT molecular complexity index is 1170. The smallest absolute Gasteiger partial charge is 0.260 e. The Kier molecular flexibility index (Phi) is 4.30. The van der Waals surface area contributed by atoms with Crippen molar-refractivity contribution < 1.29 is 9.21 Å². The number of nitrogens with zero attached hydrogens (tertiary/aromatic N) is 2. The molecule has 6 nitrogen and oxygen atoms in total. The van der Waals surface area contributed by atoms with Crippen molar-refractivity contribution in [3.05, 3.63) is 82.4 Å². The number of amides is 1. The van der Waals surface area contributed by atoms with Gasteiger partial charge >= 0.3 is 0 Å². The molecule has 27 heavy (non-hydrogen) atoms. The van der Waals surface area contributed by atoms with Crippen molar-refractivity contribution in [2.45, 2.75) is 13.5 Å². The lowest BCUT2D eigenvalue weighted by Crippen LogP contribution is -2.25. The van der Waals surface area contributed by atoms with Crippen molar-refractivity contribution in [1.29, 1.82) is 0 Å². The van der Waals surface area contributed by atoms with Crippen LogP contribution < -0.4 is 10.9 Å². The molecule has 0 aliphatic carbocycles. The van der Waals surface area contributed by atoms with Gasteiger partial charge in [0.15, 0.2) is 5.43 Å². The fourth-order valence-corrected chi connectivity index (χ4v) is 3.12. The van der Waals surface area contributed by atoms with Crippen LogP contribution in [0.25, 0.3) is 21.8 Å². The van der Waals surface area contributed by atoms with Gasteiger partial charge in [0.05, 0.1) is 17.2 Å². The minimum atomic E-state index is -0.298. The van der Waals surface area contributed by atoms with E-state index in [0.717, 1.165) is 5.76 Å². The van der Waals surface area contributed by atoms with Crippen LogP contribution in [0.3, 0.4) is 0 Å². The van der Waals surface area contributed by atoms with Crippen molar-refractivity contribution >= 4 is 33.9 Å². The highest BCUT2D eigenvalue weighted by molar-refractivity contribution is 5.95. The second-order valence-electron chi connectivity index (χ2n) is 6.19. The van der Waals surface area contributed by atoms with Crippen LogP contribution in [0.15, 0.2) is 75.0 Å². The summed E-state index contributed by atoms with van der Waals surface area (Å²) >= 11 is 0. The number of hydrogen-bond acceptors (Lipinski definition) is 4. The highest BCUT2D eigenvalue weighted by Gasteiger charge is 2.12. The Morgan fingerprint density at radius 3 is 2.26 bits per heavy atom. The van der Waals surface area contributed by atoms with Gasteiger partial charge in [-0.05, 0) is 43.3 Å². The van der Waals surface area contributed by atoms with E-state index in [9.17, 15) is 9.59 Å². The summed E-state index contributed by atoms with van der Waals surface area (Å²) in [4.78, 5) is 25.1. The molecular weight excluding hydrogens is 342 g/mol. The average molecular weight is 359 g/mol. The highest BCUT2D eigenvalue weighted by atomic mass is 16.3. The SMILES string of the molecule is Cc1ccc(/C=N/NC(=O)Cn2c3ccccc3c(=O)c3ccccc32)o1. The fourth-order valence-electron chi connectivity index (χ4n) is 3.12. The third-order valence-corrected chi connectivity index (χ3v) is 4.32. The zero-order chi connectivity index (χ0) is 18.8. The molecule has 0 aliphatic rings. The van der Waals surface area contributed by atoms with E-state index in [1.807, 2.05) is 54.0 Å². The Balaban J connectivity index is 1.68. The number of hydrazone groups is 1. The third-order valence-electron chi connectivity index (χ3n) is 4.32. The van der Waals surface area contributed by atoms with Gasteiger partial charge in [-0.25, -0.2) is 5.43 Å². The summed E-state index contributed by atoms with van der Waals surface area (Å²) in [5.74, 6) is 1.04. The molecule has 0 spiro atoms. The topological polar surface area (TPSA) is 76.6 Å². The molecule has 0 aliphatic heterocycles. The maximum absolute atomic E-state index is 12.7. The molecule has 0 saturated carbocycles. The molecule has 4 aromatic rings. The molecule has 0 fully saturated rings. The number of aryl methyl sites for hydroxylation is 1. The number of aromatic nitrogens is 1. The first-order chi connectivity index (χ1) is 13.1. The number of para-hydroxylation sites is 2. The molecule has 0 atom stereocenters. The Morgan fingerprint density at radius 1 is 1.04 bits per heavy atom. The van der Waals surface area contributed by atoms with Gasteiger partial charge in [0.2, 0.25) is 0 Å². The molecule has 6 heteroatoms. The van der Waals surface area contributed by atoms with E-state index in [2.05, 4.69) is 10.5 Å². The van der Waals surface area contributed by atoms with Crippen molar-refractivity contribution in [3.63, 3.8) is 0 Å². The Morgan fingerprint density at radius 2 is 1.67 bits per heavy atom. The zero-order valence-electron chi connectivity index (χ0n) is 14.7. The molecule has 2 aromatic carbocycles. The van der Waals surface area contributed by atoms with Gasteiger partial charge < -0.3 is 8.98 Å². The monoisotopic (exact) mass is 359 g/mol. The Hall–Kier alpha value is -3.67. The molecular formula is C21H17N3O3. The number of pyridine rings is 1. The van der Waals surface area contributed by atoms with Gasteiger partial charge in [-0.3, -0.25) is 9.59 Å². The number of hydrogen-bond donors (Lipinski definition) is 1. The van der Waals surface area contributed by atoms with Crippen LogP contribution >= 0.6 is 0 Å². The largest absolute Gasteiger partial charge is 0.460 e.